The summed E-state index contributed by atoms with van der Waals surface area (Å²) in [4.78, 5) is 16.2. The lowest BCUT2D eigenvalue weighted by Crippen LogP contribution is -2.25. The Bertz CT molecular complexity index is 612. The van der Waals surface area contributed by atoms with Gasteiger partial charge in [0.05, 0.1) is 17.4 Å². The third-order valence-corrected chi connectivity index (χ3v) is 3.15. The maximum Gasteiger partial charge on any atom is 0.252 e. The predicted molar refractivity (Wildman–Crippen MR) is 87.5 cm³/mol. The summed E-state index contributed by atoms with van der Waals surface area (Å²) in [5.74, 6) is -0.129. The highest BCUT2D eigenvalue weighted by atomic mass is 16.5. The molecule has 0 saturated carbocycles. The molecule has 0 aliphatic carbocycles. The highest BCUT2D eigenvalue weighted by Crippen LogP contribution is 2.17. The Hall–Kier alpha value is -2.40. The van der Waals surface area contributed by atoms with Crippen LogP contribution in [0.2, 0.25) is 0 Å². The molecule has 0 radical (unpaired) electrons. The molecular weight excluding hydrogens is 278 g/mol. The second-order valence-corrected chi connectivity index (χ2v) is 5.06. The lowest BCUT2D eigenvalue weighted by Gasteiger charge is -2.09. The van der Waals surface area contributed by atoms with Crippen molar-refractivity contribution in [3.05, 3.63) is 53.9 Å². The zero-order valence-electron chi connectivity index (χ0n) is 12.9. The Balaban J connectivity index is 1.97. The van der Waals surface area contributed by atoms with E-state index in [1.807, 2.05) is 31.2 Å². The number of aromatic nitrogens is 1. The Morgan fingerprint density at radius 3 is 2.68 bits per heavy atom. The number of anilines is 2. The van der Waals surface area contributed by atoms with Crippen molar-refractivity contribution in [1.29, 1.82) is 0 Å². The smallest absolute Gasteiger partial charge is 0.252 e. The third-order valence-electron chi connectivity index (χ3n) is 3.15. The molecule has 116 valence electrons. The number of amides is 1. The summed E-state index contributed by atoms with van der Waals surface area (Å²) in [5.41, 5.74) is 3.49. The van der Waals surface area contributed by atoms with E-state index in [2.05, 4.69) is 15.6 Å². The molecule has 1 aromatic heterocycles. The van der Waals surface area contributed by atoms with Crippen molar-refractivity contribution in [1.82, 2.24) is 10.3 Å². The largest absolute Gasteiger partial charge is 0.385 e. The number of methoxy groups -OCH3 is 1. The van der Waals surface area contributed by atoms with Crippen molar-refractivity contribution in [2.45, 2.75) is 13.3 Å². The molecule has 0 unspecified atom stereocenters. The van der Waals surface area contributed by atoms with Crippen LogP contribution in [0.3, 0.4) is 0 Å². The fraction of sp³-hybridized carbons (Fsp3) is 0.294. The van der Waals surface area contributed by atoms with Gasteiger partial charge in [-0.25, -0.2) is 0 Å². The molecule has 0 fully saturated rings. The molecule has 1 aromatic carbocycles. The first kappa shape index (κ1) is 16.0. The number of carbonyl (C=O) groups excluding carboxylic acids is 1. The van der Waals surface area contributed by atoms with Gasteiger partial charge in [0.1, 0.15) is 0 Å². The normalized spacial score (nSPS) is 10.3. The van der Waals surface area contributed by atoms with Crippen LogP contribution in [0, 0.1) is 6.92 Å². The van der Waals surface area contributed by atoms with Crippen LogP contribution in [0.25, 0.3) is 0 Å². The van der Waals surface area contributed by atoms with Crippen molar-refractivity contribution in [3.8, 4) is 0 Å². The van der Waals surface area contributed by atoms with Crippen LogP contribution in [0.1, 0.15) is 22.3 Å². The van der Waals surface area contributed by atoms with Crippen LogP contribution in [0.5, 0.6) is 0 Å². The van der Waals surface area contributed by atoms with E-state index < -0.39 is 0 Å². The van der Waals surface area contributed by atoms with Gasteiger partial charge in [0.2, 0.25) is 0 Å². The van der Waals surface area contributed by atoms with Crippen LogP contribution >= 0.6 is 0 Å². The van der Waals surface area contributed by atoms with Crippen LogP contribution in [0.15, 0.2) is 42.7 Å². The van der Waals surface area contributed by atoms with Crippen molar-refractivity contribution in [2.24, 2.45) is 0 Å². The maximum atomic E-state index is 12.0. The first-order valence-electron chi connectivity index (χ1n) is 7.25. The molecule has 0 saturated heterocycles. The number of carbonyl (C=O) groups is 1. The Labute approximate surface area is 130 Å². The summed E-state index contributed by atoms with van der Waals surface area (Å²) < 4.78 is 4.95. The van der Waals surface area contributed by atoms with Gasteiger partial charge in [-0.1, -0.05) is 17.7 Å². The average Bonchev–Trinajstić information content (AvgIpc) is 2.54. The Morgan fingerprint density at radius 1 is 1.18 bits per heavy atom. The monoisotopic (exact) mass is 299 g/mol. The molecule has 0 spiro atoms. The van der Waals surface area contributed by atoms with Gasteiger partial charge in [0.15, 0.2) is 0 Å². The van der Waals surface area contributed by atoms with Crippen LogP contribution in [0.4, 0.5) is 11.4 Å². The van der Waals surface area contributed by atoms with Crippen molar-refractivity contribution >= 4 is 17.3 Å². The van der Waals surface area contributed by atoms with E-state index in [4.69, 9.17) is 4.74 Å². The number of hydrogen-bond donors (Lipinski definition) is 2. The molecule has 0 aliphatic rings. The number of rotatable bonds is 7. The molecule has 0 bridgehead atoms. The second-order valence-electron chi connectivity index (χ2n) is 5.06. The van der Waals surface area contributed by atoms with E-state index in [-0.39, 0.29) is 5.91 Å². The molecule has 5 heteroatoms. The molecule has 22 heavy (non-hydrogen) atoms. The minimum Gasteiger partial charge on any atom is -0.385 e. The van der Waals surface area contributed by atoms with Gasteiger partial charge in [-0.05, 0) is 31.5 Å². The quantitative estimate of drug-likeness (QED) is 0.772. The molecule has 5 nitrogen and oxygen atoms in total. The molecule has 0 aliphatic heterocycles. The summed E-state index contributed by atoms with van der Waals surface area (Å²) in [7, 11) is 1.64. The van der Waals surface area contributed by atoms with Gasteiger partial charge in [0, 0.05) is 32.1 Å². The molecule has 1 amide bonds. The van der Waals surface area contributed by atoms with Crippen molar-refractivity contribution in [3.63, 3.8) is 0 Å². The van der Waals surface area contributed by atoms with E-state index in [1.54, 1.807) is 25.6 Å². The summed E-state index contributed by atoms with van der Waals surface area (Å²) >= 11 is 0. The van der Waals surface area contributed by atoms with Gasteiger partial charge in [-0.3, -0.25) is 9.78 Å². The molecule has 2 aromatic rings. The number of aryl methyl sites for hydroxylation is 1. The van der Waals surface area contributed by atoms with E-state index in [0.717, 1.165) is 17.8 Å². The molecular formula is C17H21N3O2. The Morgan fingerprint density at radius 2 is 1.95 bits per heavy atom. The highest BCUT2D eigenvalue weighted by Gasteiger charge is 2.06. The van der Waals surface area contributed by atoms with Gasteiger partial charge < -0.3 is 15.4 Å². The number of nitrogens with one attached hydrogen (secondary N) is 2. The van der Waals surface area contributed by atoms with Crippen LogP contribution < -0.4 is 10.6 Å². The number of hydrogen-bond acceptors (Lipinski definition) is 4. The zero-order chi connectivity index (χ0) is 15.8. The van der Waals surface area contributed by atoms with E-state index >= 15 is 0 Å². The number of benzene rings is 1. The summed E-state index contributed by atoms with van der Waals surface area (Å²) in [6.07, 6.45) is 4.05. The number of nitrogens with zero attached hydrogens (tertiary/aromatic N) is 1. The topological polar surface area (TPSA) is 63.2 Å². The molecule has 2 N–H and O–H groups in total. The lowest BCUT2D eigenvalue weighted by molar-refractivity contribution is 0.0948. The third kappa shape index (κ3) is 4.86. The van der Waals surface area contributed by atoms with Gasteiger partial charge in [0.25, 0.3) is 5.91 Å². The van der Waals surface area contributed by atoms with Gasteiger partial charge in [-0.2, -0.15) is 0 Å². The first-order valence-corrected chi connectivity index (χ1v) is 7.25. The molecule has 0 atom stereocenters. The lowest BCUT2D eigenvalue weighted by atomic mass is 10.2. The predicted octanol–water partition coefficient (Wildman–Crippen LogP) is 2.90. The van der Waals surface area contributed by atoms with Crippen molar-refractivity contribution in [2.75, 3.05) is 25.6 Å². The van der Waals surface area contributed by atoms with E-state index in [0.29, 0.717) is 18.7 Å². The Kier molecular flexibility index (Phi) is 5.91. The van der Waals surface area contributed by atoms with Crippen LogP contribution in [-0.4, -0.2) is 31.2 Å². The van der Waals surface area contributed by atoms with E-state index in [1.165, 1.54) is 5.56 Å². The first-order chi connectivity index (χ1) is 10.7. The summed E-state index contributed by atoms with van der Waals surface area (Å²) in [5, 5.41) is 6.09. The summed E-state index contributed by atoms with van der Waals surface area (Å²) in [6.45, 7) is 3.26. The maximum absolute atomic E-state index is 12.0. The van der Waals surface area contributed by atoms with E-state index in [9.17, 15) is 4.79 Å². The number of pyridine rings is 1. The summed E-state index contributed by atoms with van der Waals surface area (Å²) in [6, 6.07) is 9.84. The second kappa shape index (κ2) is 8.14. The molecule has 2 rings (SSSR count). The molecule has 1 heterocycles. The highest BCUT2D eigenvalue weighted by molar-refractivity contribution is 5.94. The van der Waals surface area contributed by atoms with Gasteiger partial charge in [-0.15, -0.1) is 0 Å². The SMILES string of the molecule is COCCCNC(=O)c1cncc(Nc2ccc(C)cc2)c1. The number of ether oxygens (including phenoxy) is 1. The standard InChI is InChI=1S/C17H21N3O2/c1-13-4-6-15(7-5-13)20-16-10-14(11-18-12-16)17(21)19-8-3-9-22-2/h4-7,10-12,20H,3,8-9H2,1-2H3,(H,19,21). The average molecular weight is 299 g/mol. The minimum atomic E-state index is -0.129. The minimum absolute atomic E-state index is 0.129. The zero-order valence-corrected chi connectivity index (χ0v) is 12.9. The fourth-order valence-corrected chi connectivity index (χ4v) is 1.96. The fourth-order valence-electron chi connectivity index (χ4n) is 1.96. The van der Waals surface area contributed by atoms with Gasteiger partial charge >= 0.3 is 0 Å². The van der Waals surface area contributed by atoms with Crippen LogP contribution in [-0.2, 0) is 4.74 Å². The van der Waals surface area contributed by atoms with Crippen molar-refractivity contribution < 1.29 is 9.53 Å².